The molecule has 6 aromatic rings. The van der Waals surface area contributed by atoms with E-state index in [0.29, 0.717) is 0 Å². The minimum absolute atomic E-state index is 0.822. The molecule has 0 unspecified atom stereocenters. The number of pyridine rings is 2. The van der Waals surface area contributed by atoms with Gasteiger partial charge in [-0.2, -0.15) is 0 Å². The second-order valence-electron chi connectivity index (χ2n) is 8.96. The molecule has 6 nitrogen and oxygen atoms in total. The zero-order valence-electron chi connectivity index (χ0n) is 25.5. The Bertz CT molecular complexity index is 1100. The van der Waals surface area contributed by atoms with Gasteiger partial charge in [0.15, 0.2) is 0 Å². The van der Waals surface area contributed by atoms with E-state index in [4.69, 9.17) is 0 Å². The van der Waals surface area contributed by atoms with Gasteiger partial charge in [-0.05, 0) is 77.4 Å². The number of aromatic nitrogens is 6. The van der Waals surface area contributed by atoms with E-state index >= 15 is 0 Å². The quantitative estimate of drug-likeness (QED) is 0.186. The Morgan fingerprint density at radius 1 is 0.357 bits per heavy atom. The highest BCUT2D eigenvalue weighted by Gasteiger charge is 1.76. The summed E-state index contributed by atoms with van der Waals surface area (Å²) in [6, 6.07) is 34.0. The van der Waals surface area contributed by atoms with Crippen LogP contribution >= 0.6 is 0 Å². The highest BCUT2D eigenvalue weighted by molar-refractivity contribution is 5.12. The second-order valence-corrected chi connectivity index (χ2v) is 8.96. The molecule has 0 saturated heterocycles. The fourth-order valence-corrected chi connectivity index (χ4v) is 2.70. The summed E-state index contributed by atoms with van der Waals surface area (Å²) in [4.78, 5) is 23.2. The SMILES string of the molecule is Cc1ccccc1.Cc1ccccc1.Cc1ccccn1.Cc1cccnc1.Cc1ccncn1.Cc1ncccn1. The average molecular weight is 559 g/mol. The molecule has 0 radical (unpaired) electrons. The number of benzene rings is 2. The van der Waals surface area contributed by atoms with Gasteiger partial charge in [-0.1, -0.05) is 83.9 Å². The Balaban J connectivity index is 0.000000252. The van der Waals surface area contributed by atoms with E-state index in [-0.39, 0.29) is 0 Å². The Kier molecular flexibility index (Phi) is 19.8. The molecule has 0 amide bonds. The van der Waals surface area contributed by atoms with Crippen molar-refractivity contribution >= 4 is 0 Å². The Hall–Kier alpha value is -5.10. The highest BCUT2D eigenvalue weighted by Crippen LogP contribution is 1.93. The Morgan fingerprint density at radius 3 is 1.12 bits per heavy atom. The molecular formula is C36H42N6. The smallest absolute Gasteiger partial charge is 0.125 e. The first-order chi connectivity index (χ1) is 20.4. The van der Waals surface area contributed by atoms with E-state index in [1.54, 1.807) is 37.1 Å². The molecule has 0 atom stereocenters. The summed E-state index contributed by atoms with van der Waals surface area (Å²) in [6.45, 7) is 12.0. The van der Waals surface area contributed by atoms with Gasteiger partial charge in [0.1, 0.15) is 12.2 Å². The molecule has 0 saturated carbocycles. The van der Waals surface area contributed by atoms with E-state index in [0.717, 1.165) is 17.2 Å². The van der Waals surface area contributed by atoms with Crippen molar-refractivity contribution in [3.8, 4) is 0 Å². The van der Waals surface area contributed by atoms with Crippen molar-refractivity contribution in [3.05, 3.63) is 181 Å². The zero-order chi connectivity index (χ0) is 30.7. The molecule has 0 aliphatic rings. The minimum atomic E-state index is 0.822. The fourth-order valence-electron chi connectivity index (χ4n) is 2.70. The van der Waals surface area contributed by atoms with Crippen molar-refractivity contribution in [2.24, 2.45) is 0 Å². The topological polar surface area (TPSA) is 77.3 Å². The lowest BCUT2D eigenvalue weighted by Crippen LogP contribution is -1.80. The molecule has 6 rings (SSSR count). The van der Waals surface area contributed by atoms with Crippen molar-refractivity contribution in [2.45, 2.75) is 41.5 Å². The van der Waals surface area contributed by atoms with Crippen molar-refractivity contribution in [2.75, 3.05) is 0 Å². The number of rotatable bonds is 0. The van der Waals surface area contributed by atoms with Gasteiger partial charge in [0, 0.05) is 48.6 Å². The molecule has 2 aromatic carbocycles. The van der Waals surface area contributed by atoms with Crippen LogP contribution in [0.3, 0.4) is 0 Å². The number of nitrogens with zero attached hydrogens (tertiary/aromatic N) is 6. The van der Waals surface area contributed by atoms with Crippen LogP contribution in [0.4, 0.5) is 0 Å². The van der Waals surface area contributed by atoms with E-state index in [1.165, 1.54) is 23.0 Å². The number of aryl methyl sites for hydroxylation is 6. The van der Waals surface area contributed by atoms with E-state index in [9.17, 15) is 0 Å². The monoisotopic (exact) mass is 558 g/mol. The highest BCUT2D eigenvalue weighted by atomic mass is 14.8. The number of hydrogen-bond donors (Lipinski definition) is 0. The molecular weight excluding hydrogens is 516 g/mol. The van der Waals surface area contributed by atoms with Crippen LogP contribution in [0.25, 0.3) is 0 Å². The summed E-state index contributed by atoms with van der Waals surface area (Å²) in [7, 11) is 0. The lowest BCUT2D eigenvalue weighted by molar-refractivity contribution is 1.05. The number of hydrogen-bond acceptors (Lipinski definition) is 6. The predicted octanol–water partition coefficient (Wildman–Crippen LogP) is 8.34. The lowest BCUT2D eigenvalue weighted by Gasteiger charge is -1.82. The van der Waals surface area contributed by atoms with Crippen molar-refractivity contribution in [3.63, 3.8) is 0 Å². The van der Waals surface area contributed by atoms with Crippen LogP contribution in [0.15, 0.2) is 147 Å². The first-order valence-electron chi connectivity index (χ1n) is 13.6. The predicted molar refractivity (Wildman–Crippen MR) is 174 cm³/mol. The van der Waals surface area contributed by atoms with Crippen LogP contribution in [0.1, 0.15) is 33.9 Å². The van der Waals surface area contributed by atoms with Gasteiger partial charge in [-0.3, -0.25) is 9.97 Å². The summed E-state index contributed by atoms with van der Waals surface area (Å²) in [5, 5.41) is 0. The maximum atomic E-state index is 3.98. The first-order valence-corrected chi connectivity index (χ1v) is 13.6. The summed E-state index contributed by atoms with van der Waals surface area (Å²) < 4.78 is 0. The third kappa shape index (κ3) is 21.8. The lowest BCUT2D eigenvalue weighted by atomic mass is 10.2. The summed E-state index contributed by atoms with van der Waals surface area (Å²) >= 11 is 0. The largest absolute Gasteiger partial charge is 0.264 e. The first kappa shape index (κ1) is 34.9. The van der Waals surface area contributed by atoms with Gasteiger partial charge < -0.3 is 0 Å². The van der Waals surface area contributed by atoms with Gasteiger partial charge in [0.25, 0.3) is 0 Å². The van der Waals surface area contributed by atoms with Crippen LogP contribution in [0, 0.1) is 41.5 Å². The van der Waals surface area contributed by atoms with Gasteiger partial charge >= 0.3 is 0 Å². The van der Waals surface area contributed by atoms with Gasteiger partial charge in [-0.15, -0.1) is 0 Å². The summed E-state index contributed by atoms with van der Waals surface area (Å²) in [5.41, 5.74) is 5.94. The average Bonchev–Trinajstić information content (AvgIpc) is 3.01. The maximum absolute atomic E-state index is 3.98. The van der Waals surface area contributed by atoms with Crippen LogP contribution < -0.4 is 0 Å². The molecule has 0 bridgehead atoms. The van der Waals surface area contributed by atoms with Gasteiger partial charge in [-0.25, -0.2) is 19.9 Å². The van der Waals surface area contributed by atoms with Crippen LogP contribution in [0.2, 0.25) is 0 Å². The Morgan fingerprint density at radius 2 is 0.881 bits per heavy atom. The second kappa shape index (κ2) is 23.8. The molecule has 4 heterocycles. The van der Waals surface area contributed by atoms with E-state index < -0.39 is 0 Å². The van der Waals surface area contributed by atoms with Crippen LogP contribution in [-0.2, 0) is 0 Å². The molecule has 0 aliphatic heterocycles. The third-order valence-corrected chi connectivity index (χ3v) is 4.93. The fraction of sp³-hybridized carbons (Fsp3) is 0.167. The molecule has 4 aromatic heterocycles. The van der Waals surface area contributed by atoms with E-state index in [1.807, 2.05) is 107 Å². The van der Waals surface area contributed by atoms with Gasteiger partial charge in [0.2, 0.25) is 0 Å². The minimum Gasteiger partial charge on any atom is -0.264 e. The molecule has 0 spiro atoms. The molecule has 0 aliphatic carbocycles. The Labute approximate surface area is 251 Å². The normalized spacial score (nSPS) is 8.71. The van der Waals surface area contributed by atoms with Crippen molar-refractivity contribution in [1.82, 2.24) is 29.9 Å². The van der Waals surface area contributed by atoms with Gasteiger partial charge in [0.05, 0.1) is 0 Å². The van der Waals surface area contributed by atoms with Crippen molar-refractivity contribution < 1.29 is 0 Å². The van der Waals surface area contributed by atoms with E-state index in [2.05, 4.69) is 68.0 Å². The maximum Gasteiger partial charge on any atom is 0.125 e. The standard InChI is InChI=1S/2C7H8.2C6H7N.2C5H6N2/c2*1-7-5-3-2-4-6-7;1-6-3-2-4-7-5-6;1-6-4-2-3-5-7-6;1-5-2-3-6-4-7-5;1-5-6-3-2-4-7-5/h2*2-6H,1H3;2*2-5H,1H3;2*2-4H,1H3. The van der Waals surface area contributed by atoms with Crippen molar-refractivity contribution in [1.29, 1.82) is 0 Å². The molecule has 42 heavy (non-hydrogen) atoms. The third-order valence-electron chi connectivity index (χ3n) is 4.93. The zero-order valence-corrected chi connectivity index (χ0v) is 25.5. The van der Waals surface area contributed by atoms with Crippen LogP contribution in [-0.4, -0.2) is 29.9 Å². The molecule has 216 valence electrons. The summed E-state index contributed by atoms with van der Waals surface area (Å²) in [5.74, 6) is 0.822. The van der Waals surface area contributed by atoms with Crippen LogP contribution in [0.5, 0.6) is 0 Å². The molecule has 0 fully saturated rings. The molecule has 0 N–H and O–H groups in total. The summed E-state index contributed by atoms with van der Waals surface area (Å²) in [6.07, 6.45) is 12.1. The molecule has 6 heteroatoms.